The van der Waals surface area contributed by atoms with Crippen molar-refractivity contribution in [3.05, 3.63) is 23.8 Å². The molecule has 0 spiro atoms. The number of methoxy groups -OCH3 is 1. The van der Waals surface area contributed by atoms with Crippen LogP contribution >= 0.6 is 0 Å². The standard InChI is InChI=1S/C13H19N3O/c1-10(7-14)8-16(2)9-11-6-12(15)4-5-13(11)17-3/h4-6,10H,8-9,15H2,1-3H3. The predicted molar refractivity (Wildman–Crippen MR) is 68.5 cm³/mol. The molecule has 0 aliphatic heterocycles. The molecule has 0 bridgehead atoms. The molecule has 17 heavy (non-hydrogen) atoms. The number of nitrogen functional groups attached to an aromatic ring is 1. The summed E-state index contributed by atoms with van der Waals surface area (Å²) in [4.78, 5) is 2.09. The van der Waals surface area contributed by atoms with Crippen molar-refractivity contribution in [2.75, 3.05) is 26.4 Å². The first-order valence-electron chi connectivity index (χ1n) is 5.57. The van der Waals surface area contributed by atoms with Gasteiger partial charge < -0.3 is 15.4 Å². The minimum atomic E-state index is 0.0204. The van der Waals surface area contributed by atoms with Crippen molar-refractivity contribution in [2.45, 2.75) is 13.5 Å². The molecule has 0 amide bonds. The predicted octanol–water partition coefficient (Wildman–Crippen LogP) is 1.87. The molecule has 4 nitrogen and oxygen atoms in total. The van der Waals surface area contributed by atoms with Crippen LogP contribution in [0.15, 0.2) is 18.2 Å². The van der Waals surface area contributed by atoms with Gasteiger partial charge in [0.25, 0.3) is 0 Å². The summed E-state index contributed by atoms with van der Waals surface area (Å²) in [6.07, 6.45) is 0. The van der Waals surface area contributed by atoms with Crippen molar-refractivity contribution in [2.24, 2.45) is 5.92 Å². The van der Waals surface area contributed by atoms with Gasteiger partial charge in [-0.2, -0.15) is 5.26 Å². The lowest BCUT2D eigenvalue weighted by Crippen LogP contribution is -2.23. The van der Waals surface area contributed by atoms with Gasteiger partial charge >= 0.3 is 0 Å². The number of hydrogen-bond donors (Lipinski definition) is 1. The molecule has 1 aromatic rings. The Morgan fingerprint density at radius 3 is 2.82 bits per heavy atom. The normalized spacial score (nSPS) is 12.2. The van der Waals surface area contributed by atoms with E-state index in [2.05, 4.69) is 11.0 Å². The largest absolute Gasteiger partial charge is 0.496 e. The molecule has 0 saturated carbocycles. The maximum atomic E-state index is 8.77. The number of anilines is 1. The maximum Gasteiger partial charge on any atom is 0.123 e. The molecule has 0 fully saturated rings. The fourth-order valence-corrected chi connectivity index (χ4v) is 1.79. The molecule has 0 saturated heterocycles. The molecule has 4 heteroatoms. The number of benzene rings is 1. The summed E-state index contributed by atoms with van der Waals surface area (Å²) in [6.45, 7) is 3.36. The number of ether oxygens (including phenoxy) is 1. The van der Waals surface area contributed by atoms with Crippen molar-refractivity contribution in [3.8, 4) is 11.8 Å². The Hall–Kier alpha value is -1.73. The molecule has 0 radical (unpaired) electrons. The second-order valence-corrected chi connectivity index (χ2v) is 4.30. The van der Waals surface area contributed by atoms with Gasteiger partial charge in [-0.3, -0.25) is 0 Å². The van der Waals surface area contributed by atoms with Crippen molar-refractivity contribution in [1.29, 1.82) is 5.26 Å². The molecule has 1 rings (SSSR count). The SMILES string of the molecule is COc1ccc(N)cc1CN(C)CC(C)C#N. The van der Waals surface area contributed by atoms with Crippen LogP contribution in [0.25, 0.3) is 0 Å². The first kappa shape index (κ1) is 13.3. The van der Waals surface area contributed by atoms with Crippen molar-refractivity contribution >= 4 is 5.69 Å². The van der Waals surface area contributed by atoms with Crippen LogP contribution in [0, 0.1) is 17.2 Å². The van der Waals surface area contributed by atoms with Crippen LogP contribution in [0.3, 0.4) is 0 Å². The quantitative estimate of drug-likeness (QED) is 0.789. The number of hydrogen-bond acceptors (Lipinski definition) is 4. The third kappa shape index (κ3) is 3.97. The van der Waals surface area contributed by atoms with E-state index in [9.17, 15) is 0 Å². The molecule has 92 valence electrons. The summed E-state index contributed by atoms with van der Waals surface area (Å²) in [7, 11) is 3.63. The van der Waals surface area contributed by atoms with Crippen LogP contribution in [0.4, 0.5) is 5.69 Å². The third-order valence-corrected chi connectivity index (χ3v) is 2.55. The molecule has 1 atom stereocenters. The van der Waals surface area contributed by atoms with Crippen LogP contribution in [0.1, 0.15) is 12.5 Å². The smallest absolute Gasteiger partial charge is 0.123 e. The highest BCUT2D eigenvalue weighted by atomic mass is 16.5. The average molecular weight is 233 g/mol. The average Bonchev–Trinajstić information content (AvgIpc) is 2.29. The van der Waals surface area contributed by atoms with E-state index in [-0.39, 0.29) is 5.92 Å². The van der Waals surface area contributed by atoms with Gasteiger partial charge in [-0.05, 0) is 32.2 Å². The van der Waals surface area contributed by atoms with Gasteiger partial charge in [-0.15, -0.1) is 0 Å². The topological polar surface area (TPSA) is 62.3 Å². The zero-order valence-electron chi connectivity index (χ0n) is 10.6. The Morgan fingerprint density at radius 2 is 2.24 bits per heavy atom. The number of nitrogens with zero attached hydrogens (tertiary/aromatic N) is 2. The molecule has 1 unspecified atom stereocenters. The van der Waals surface area contributed by atoms with Crippen LogP contribution in [0.2, 0.25) is 0 Å². The minimum Gasteiger partial charge on any atom is -0.496 e. The summed E-state index contributed by atoms with van der Waals surface area (Å²) in [5, 5.41) is 8.77. The van der Waals surface area contributed by atoms with Gasteiger partial charge in [0.2, 0.25) is 0 Å². The minimum absolute atomic E-state index is 0.0204. The van der Waals surface area contributed by atoms with E-state index in [0.29, 0.717) is 0 Å². The zero-order valence-corrected chi connectivity index (χ0v) is 10.6. The van der Waals surface area contributed by atoms with E-state index >= 15 is 0 Å². The molecule has 2 N–H and O–H groups in total. The van der Waals surface area contributed by atoms with Gasteiger partial charge in [-0.1, -0.05) is 0 Å². The van der Waals surface area contributed by atoms with Crippen LogP contribution in [-0.2, 0) is 6.54 Å². The number of nitriles is 1. The fourth-order valence-electron chi connectivity index (χ4n) is 1.79. The molecule has 0 aliphatic carbocycles. The highest BCUT2D eigenvalue weighted by molar-refractivity contribution is 5.47. The van der Waals surface area contributed by atoms with E-state index in [1.807, 2.05) is 32.2 Å². The Kier molecular flexibility index (Phi) is 4.80. The Balaban J connectivity index is 2.73. The lowest BCUT2D eigenvalue weighted by Gasteiger charge is -2.19. The lowest BCUT2D eigenvalue weighted by atomic mass is 10.1. The first-order chi connectivity index (χ1) is 8.06. The van der Waals surface area contributed by atoms with Gasteiger partial charge in [-0.25, -0.2) is 0 Å². The van der Waals surface area contributed by atoms with E-state index < -0.39 is 0 Å². The van der Waals surface area contributed by atoms with Crippen LogP contribution < -0.4 is 10.5 Å². The second kappa shape index (κ2) is 6.12. The maximum absolute atomic E-state index is 8.77. The van der Waals surface area contributed by atoms with Crippen LogP contribution in [0.5, 0.6) is 5.75 Å². The van der Waals surface area contributed by atoms with E-state index in [4.69, 9.17) is 15.7 Å². The third-order valence-electron chi connectivity index (χ3n) is 2.55. The Bertz CT molecular complexity index is 412. The Morgan fingerprint density at radius 1 is 1.53 bits per heavy atom. The van der Waals surface area contributed by atoms with Gasteiger partial charge in [0.15, 0.2) is 0 Å². The van der Waals surface area contributed by atoms with Gasteiger partial charge in [0.05, 0.1) is 19.1 Å². The highest BCUT2D eigenvalue weighted by Crippen LogP contribution is 2.22. The summed E-state index contributed by atoms with van der Waals surface area (Å²) in [6, 6.07) is 7.82. The molecule has 0 aromatic heterocycles. The molecular weight excluding hydrogens is 214 g/mol. The second-order valence-electron chi connectivity index (χ2n) is 4.30. The highest BCUT2D eigenvalue weighted by Gasteiger charge is 2.09. The monoisotopic (exact) mass is 233 g/mol. The first-order valence-corrected chi connectivity index (χ1v) is 5.57. The lowest BCUT2D eigenvalue weighted by molar-refractivity contribution is 0.296. The zero-order chi connectivity index (χ0) is 12.8. The van der Waals surface area contributed by atoms with E-state index in [0.717, 1.165) is 30.1 Å². The number of rotatable bonds is 5. The van der Waals surface area contributed by atoms with E-state index in [1.165, 1.54) is 0 Å². The summed E-state index contributed by atoms with van der Waals surface area (Å²) >= 11 is 0. The number of nitrogens with two attached hydrogens (primary N) is 1. The molecule has 1 aromatic carbocycles. The molecular formula is C13H19N3O. The molecule has 0 aliphatic rings. The van der Waals surface area contributed by atoms with Gasteiger partial charge in [0.1, 0.15) is 5.75 Å². The van der Waals surface area contributed by atoms with Crippen molar-refractivity contribution in [1.82, 2.24) is 4.90 Å². The summed E-state index contributed by atoms with van der Waals surface area (Å²) in [5.41, 5.74) is 7.53. The molecule has 0 heterocycles. The summed E-state index contributed by atoms with van der Waals surface area (Å²) < 4.78 is 5.29. The summed E-state index contributed by atoms with van der Waals surface area (Å²) in [5.74, 6) is 0.850. The van der Waals surface area contributed by atoms with Gasteiger partial charge in [0, 0.05) is 24.3 Å². The fraction of sp³-hybridized carbons (Fsp3) is 0.462. The van der Waals surface area contributed by atoms with Crippen LogP contribution in [-0.4, -0.2) is 25.6 Å². The van der Waals surface area contributed by atoms with E-state index in [1.54, 1.807) is 7.11 Å². The van der Waals surface area contributed by atoms with Crippen molar-refractivity contribution in [3.63, 3.8) is 0 Å². The van der Waals surface area contributed by atoms with Crippen molar-refractivity contribution < 1.29 is 4.74 Å². The Labute approximate surface area is 103 Å².